The molecule has 3 N–H and O–H groups in total. The van der Waals surface area contributed by atoms with Gasteiger partial charge < -0.3 is 11.1 Å². The van der Waals surface area contributed by atoms with Gasteiger partial charge in [-0.05, 0) is 28.9 Å². The van der Waals surface area contributed by atoms with Gasteiger partial charge in [-0.2, -0.15) is 18.2 Å². The molecular weight excluding hydrogens is 343 g/mol. The molecule has 0 aliphatic rings. The zero-order valence-electron chi connectivity index (χ0n) is 10.1. The lowest BCUT2D eigenvalue weighted by molar-refractivity contribution is -0.136. The van der Waals surface area contributed by atoms with Crippen molar-refractivity contribution in [3.05, 3.63) is 22.3 Å². The molecule has 0 bridgehead atoms. The van der Waals surface area contributed by atoms with Crippen LogP contribution >= 0.6 is 15.9 Å². The first kappa shape index (κ1) is 14.6. The number of amides is 1. The van der Waals surface area contributed by atoms with Gasteiger partial charge in [0.25, 0.3) is 0 Å². The van der Waals surface area contributed by atoms with Crippen LogP contribution in [0.3, 0.4) is 0 Å². The molecule has 6 nitrogen and oxygen atoms in total. The summed E-state index contributed by atoms with van der Waals surface area (Å²) in [4.78, 5) is 14.6. The normalized spacial score (nSPS) is 13.4. The Bertz CT molecular complexity index is 669. The molecule has 2 rings (SSSR count). The second-order valence-corrected chi connectivity index (χ2v) is 4.96. The van der Waals surface area contributed by atoms with Gasteiger partial charge in [-0.1, -0.05) is 0 Å². The SMILES string of the molecule is CC(Nc1nc2c(C(F)(F)F)cc(Br)cn2n1)C(N)=O. The molecule has 108 valence electrons. The Balaban J connectivity index is 2.51. The average molecular weight is 352 g/mol. The van der Waals surface area contributed by atoms with E-state index in [1.54, 1.807) is 0 Å². The highest BCUT2D eigenvalue weighted by atomic mass is 79.9. The summed E-state index contributed by atoms with van der Waals surface area (Å²) in [5.74, 6) is -0.777. The van der Waals surface area contributed by atoms with Crippen LogP contribution in [0.25, 0.3) is 5.65 Å². The number of pyridine rings is 1. The van der Waals surface area contributed by atoms with Crippen molar-refractivity contribution in [2.75, 3.05) is 5.32 Å². The largest absolute Gasteiger partial charge is 0.420 e. The van der Waals surface area contributed by atoms with E-state index in [-0.39, 0.29) is 16.1 Å². The number of carbonyl (C=O) groups excluding carboxylic acids is 1. The number of anilines is 1. The second-order valence-electron chi connectivity index (χ2n) is 4.04. The average Bonchev–Trinajstić information content (AvgIpc) is 2.68. The summed E-state index contributed by atoms with van der Waals surface area (Å²) in [6.45, 7) is 1.45. The molecule has 0 saturated carbocycles. The van der Waals surface area contributed by atoms with Crippen LogP contribution < -0.4 is 11.1 Å². The summed E-state index contributed by atoms with van der Waals surface area (Å²) in [6.07, 6.45) is -3.23. The predicted molar refractivity (Wildman–Crippen MR) is 68.0 cm³/mol. The first-order valence-electron chi connectivity index (χ1n) is 5.37. The van der Waals surface area contributed by atoms with E-state index in [9.17, 15) is 18.0 Å². The molecule has 2 aromatic rings. The number of nitrogens with one attached hydrogen (secondary N) is 1. The van der Waals surface area contributed by atoms with Crippen molar-refractivity contribution in [1.29, 1.82) is 0 Å². The van der Waals surface area contributed by atoms with E-state index in [0.29, 0.717) is 0 Å². The fourth-order valence-corrected chi connectivity index (χ4v) is 1.91. The molecule has 1 amide bonds. The summed E-state index contributed by atoms with van der Waals surface area (Å²) in [7, 11) is 0. The van der Waals surface area contributed by atoms with Crippen molar-refractivity contribution < 1.29 is 18.0 Å². The minimum atomic E-state index is -4.56. The standard InChI is InChI=1S/C10H9BrF3N5O/c1-4(7(15)20)16-9-17-8-6(10(12,13)14)2-5(11)3-19(8)18-9/h2-4H,1H3,(H2,15,20)(H,16,18). The van der Waals surface area contributed by atoms with Crippen molar-refractivity contribution in [2.24, 2.45) is 5.73 Å². The molecule has 2 aromatic heterocycles. The molecule has 1 atom stereocenters. The molecule has 10 heteroatoms. The van der Waals surface area contributed by atoms with Crippen LogP contribution in [0.5, 0.6) is 0 Å². The van der Waals surface area contributed by atoms with E-state index < -0.39 is 23.7 Å². The fraction of sp³-hybridized carbons (Fsp3) is 0.300. The topological polar surface area (TPSA) is 85.3 Å². The second kappa shape index (κ2) is 4.93. The highest BCUT2D eigenvalue weighted by Crippen LogP contribution is 2.33. The van der Waals surface area contributed by atoms with Crippen molar-refractivity contribution in [2.45, 2.75) is 19.1 Å². The van der Waals surface area contributed by atoms with E-state index >= 15 is 0 Å². The maximum atomic E-state index is 12.9. The van der Waals surface area contributed by atoms with E-state index in [1.807, 2.05) is 0 Å². The van der Waals surface area contributed by atoms with Crippen molar-refractivity contribution in [3.8, 4) is 0 Å². The van der Waals surface area contributed by atoms with Crippen molar-refractivity contribution >= 4 is 33.4 Å². The molecular formula is C10H9BrF3N5O. The lowest BCUT2D eigenvalue weighted by Gasteiger charge is -2.07. The van der Waals surface area contributed by atoms with Gasteiger partial charge in [0.05, 0.1) is 0 Å². The maximum absolute atomic E-state index is 12.9. The molecule has 0 radical (unpaired) electrons. The molecule has 0 aliphatic carbocycles. The number of aromatic nitrogens is 3. The number of fused-ring (bicyclic) bond motifs is 1. The first-order valence-corrected chi connectivity index (χ1v) is 6.17. The summed E-state index contributed by atoms with van der Waals surface area (Å²) in [5.41, 5.74) is 3.76. The summed E-state index contributed by atoms with van der Waals surface area (Å²) < 4.78 is 39.9. The molecule has 0 aliphatic heterocycles. The van der Waals surface area contributed by atoms with Gasteiger partial charge in [0, 0.05) is 10.7 Å². The van der Waals surface area contributed by atoms with Crippen LogP contribution in [0.15, 0.2) is 16.7 Å². The van der Waals surface area contributed by atoms with E-state index in [4.69, 9.17) is 5.73 Å². The molecule has 0 fully saturated rings. The molecule has 0 saturated heterocycles. The number of alkyl halides is 3. The fourth-order valence-electron chi connectivity index (χ4n) is 1.49. The van der Waals surface area contributed by atoms with Gasteiger partial charge >= 0.3 is 6.18 Å². The Morgan fingerprint density at radius 2 is 2.20 bits per heavy atom. The lowest BCUT2D eigenvalue weighted by Crippen LogP contribution is -2.32. The monoisotopic (exact) mass is 351 g/mol. The van der Waals surface area contributed by atoms with Crippen LogP contribution in [-0.4, -0.2) is 26.5 Å². The summed E-state index contributed by atoms with van der Waals surface area (Å²) >= 11 is 2.98. The van der Waals surface area contributed by atoms with Gasteiger partial charge in [-0.25, -0.2) is 4.52 Å². The Labute approximate surface area is 119 Å². The van der Waals surface area contributed by atoms with Gasteiger partial charge in [-0.3, -0.25) is 4.79 Å². The van der Waals surface area contributed by atoms with E-state index in [0.717, 1.165) is 10.6 Å². The zero-order valence-corrected chi connectivity index (χ0v) is 11.7. The number of rotatable bonds is 3. The number of halogens is 4. The third kappa shape index (κ3) is 2.84. The third-order valence-electron chi connectivity index (χ3n) is 2.48. The quantitative estimate of drug-likeness (QED) is 0.882. The van der Waals surface area contributed by atoms with Crippen LogP contribution in [0.1, 0.15) is 12.5 Å². The lowest BCUT2D eigenvalue weighted by atomic mass is 10.2. The van der Waals surface area contributed by atoms with Crippen LogP contribution in [0, 0.1) is 0 Å². The number of carbonyl (C=O) groups is 1. The number of primary amides is 1. The third-order valence-corrected chi connectivity index (χ3v) is 2.91. The van der Waals surface area contributed by atoms with Gasteiger partial charge in [0.1, 0.15) is 11.6 Å². The summed E-state index contributed by atoms with van der Waals surface area (Å²) in [6, 6.07) is 0.107. The van der Waals surface area contributed by atoms with E-state index in [1.165, 1.54) is 13.1 Å². The van der Waals surface area contributed by atoms with Gasteiger partial charge in [-0.15, -0.1) is 5.10 Å². The van der Waals surface area contributed by atoms with Crippen molar-refractivity contribution in [1.82, 2.24) is 14.6 Å². The number of hydrogen-bond donors (Lipinski definition) is 2. The molecule has 2 heterocycles. The molecule has 1 unspecified atom stereocenters. The van der Waals surface area contributed by atoms with Gasteiger partial charge in [0.15, 0.2) is 5.65 Å². The van der Waals surface area contributed by atoms with Gasteiger partial charge in [0.2, 0.25) is 11.9 Å². The Hall–Kier alpha value is -1.84. The minimum Gasteiger partial charge on any atom is -0.368 e. The number of hydrogen-bond acceptors (Lipinski definition) is 4. The number of nitrogens with two attached hydrogens (primary N) is 1. The zero-order chi connectivity index (χ0) is 15.1. The predicted octanol–water partition coefficient (Wildman–Crippen LogP) is 1.80. The van der Waals surface area contributed by atoms with Crippen LogP contribution in [0.2, 0.25) is 0 Å². The van der Waals surface area contributed by atoms with Crippen LogP contribution in [0.4, 0.5) is 19.1 Å². The number of nitrogens with zero attached hydrogens (tertiary/aromatic N) is 3. The molecule has 20 heavy (non-hydrogen) atoms. The highest BCUT2D eigenvalue weighted by Gasteiger charge is 2.35. The smallest absolute Gasteiger partial charge is 0.368 e. The highest BCUT2D eigenvalue weighted by molar-refractivity contribution is 9.10. The molecule has 0 aromatic carbocycles. The van der Waals surface area contributed by atoms with Crippen molar-refractivity contribution in [3.63, 3.8) is 0 Å². The Morgan fingerprint density at radius 1 is 1.55 bits per heavy atom. The van der Waals surface area contributed by atoms with E-state index in [2.05, 4.69) is 31.3 Å². The summed E-state index contributed by atoms with van der Waals surface area (Å²) in [5, 5.41) is 6.36. The van der Waals surface area contributed by atoms with Crippen LogP contribution in [-0.2, 0) is 11.0 Å². The Kier molecular flexibility index (Phi) is 3.59. The molecule has 0 spiro atoms. The Morgan fingerprint density at radius 3 is 2.75 bits per heavy atom. The first-order chi connectivity index (χ1) is 9.18. The minimum absolute atomic E-state index is 0.111. The maximum Gasteiger partial charge on any atom is 0.420 e.